The fourth-order valence-corrected chi connectivity index (χ4v) is 5.40. The lowest BCUT2D eigenvalue weighted by molar-refractivity contribution is 0.227. The maximum Gasteiger partial charge on any atom is 0.245 e. The number of benzene rings is 1. The van der Waals surface area contributed by atoms with Gasteiger partial charge in [-0.1, -0.05) is 12.5 Å². The molecule has 1 fully saturated rings. The largest absolute Gasteiger partial charge is 0.326 e. The molecule has 22 heavy (non-hydrogen) atoms. The minimum Gasteiger partial charge on any atom is -0.326 e. The number of nitrogens with two attached hydrogens (primary N) is 1. The van der Waals surface area contributed by atoms with E-state index in [1.807, 2.05) is 6.92 Å². The van der Waals surface area contributed by atoms with E-state index in [0.717, 1.165) is 31.0 Å². The van der Waals surface area contributed by atoms with Gasteiger partial charge in [-0.2, -0.15) is 13.1 Å². The maximum absolute atomic E-state index is 13.0. The van der Waals surface area contributed by atoms with Crippen molar-refractivity contribution in [3.8, 4) is 0 Å². The van der Waals surface area contributed by atoms with Crippen molar-refractivity contribution in [1.29, 1.82) is 0 Å². The van der Waals surface area contributed by atoms with Crippen LogP contribution < -0.4 is 5.73 Å². The number of rotatable bonds is 3. The van der Waals surface area contributed by atoms with E-state index in [-0.39, 0.29) is 29.4 Å². The van der Waals surface area contributed by atoms with E-state index in [1.165, 1.54) is 0 Å². The van der Waals surface area contributed by atoms with Gasteiger partial charge in [-0.3, -0.25) is 0 Å². The summed E-state index contributed by atoms with van der Waals surface area (Å²) < 4.78 is 35.9. The zero-order valence-corrected chi connectivity index (χ0v) is 14.6. The van der Waals surface area contributed by atoms with E-state index >= 15 is 0 Å². The van der Waals surface area contributed by atoms with Crippen molar-refractivity contribution in [3.63, 3.8) is 0 Å². The van der Waals surface area contributed by atoms with E-state index in [4.69, 9.17) is 5.73 Å². The lowest BCUT2D eigenvalue weighted by Gasteiger charge is -2.36. The number of sulfonamides is 1. The fraction of sp³-hybridized carbons (Fsp3) is 0.538. The molecule has 2 heterocycles. The monoisotopic (exact) mass is 362 g/mol. The molecule has 3 rings (SSSR count). The van der Waals surface area contributed by atoms with Crippen LogP contribution in [0.4, 0.5) is 0 Å². The second-order valence-electron chi connectivity index (χ2n) is 5.43. The summed E-state index contributed by atoms with van der Waals surface area (Å²) in [5.41, 5.74) is 7.07. The van der Waals surface area contributed by atoms with Crippen LogP contribution in [0, 0.1) is 0 Å². The lowest BCUT2D eigenvalue weighted by atomic mass is 10.00. The number of halogens is 1. The van der Waals surface area contributed by atoms with Crippen molar-refractivity contribution in [3.05, 3.63) is 18.2 Å². The molecular weight excluding hydrogens is 344 g/mol. The van der Waals surface area contributed by atoms with Gasteiger partial charge in [0.2, 0.25) is 10.0 Å². The van der Waals surface area contributed by atoms with Crippen molar-refractivity contribution in [2.45, 2.75) is 43.2 Å². The van der Waals surface area contributed by atoms with Gasteiger partial charge in [-0.15, -0.1) is 12.4 Å². The van der Waals surface area contributed by atoms with Gasteiger partial charge >= 0.3 is 0 Å². The molecule has 0 spiro atoms. The Morgan fingerprint density at radius 1 is 1.36 bits per heavy atom. The average Bonchev–Trinajstić information content (AvgIpc) is 2.95. The van der Waals surface area contributed by atoms with E-state index in [2.05, 4.69) is 8.75 Å². The maximum atomic E-state index is 13.0. The highest BCUT2D eigenvalue weighted by molar-refractivity contribution is 7.89. The Morgan fingerprint density at radius 3 is 2.86 bits per heavy atom. The standard InChI is InChI=1S/C13H18N4O2S2.ClH/c1-9(14)11-6-2-3-8-17(11)21(18,19)12-7-4-5-10-13(12)16-20-15-10;/h4-5,7,9,11H,2-3,6,8,14H2,1H3;1H. The third-order valence-corrected chi connectivity index (χ3v) is 6.44. The average molecular weight is 363 g/mol. The van der Waals surface area contributed by atoms with Gasteiger partial charge in [0.05, 0.1) is 11.7 Å². The van der Waals surface area contributed by atoms with Crippen LogP contribution in [0.15, 0.2) is 23.1 Å². The van der Waals surface area contributed by atoms with Gasteiger partial charge in [0.25, 0.3) is 0 Å². The summed E-state index contributed by atoms with van der Waals surface area (Å²) >= 11 is 1.03. The quantitative estimate of drug-likeness (QED) is 0.902. The lowest BCUT2D eigenvalue weighted by Crippen LogP contribution is -2.51. The number of hydrogen-bond donors (Lipinski definition) is 1. The van der Waals surface area contributed by atoms with Crippen LogP contribution in [0.1, 0.15) is 26.2 Å². The molecular formula is C13H19ClN4O2S2. The van der Waals surface area contributed by atoms with E-state index < -0.39 is 10.0 Å². The van der Waals surface area contributed by atoms with Crippen molar-refractivity contribution < 1.29 is 8.42 Å². The fourth-order valence-electron chi connectivity index (χ4n) is 2.87. The molecule has 1 aromatic carbocycles. The predicted molar refractivity (Wildman–Crippen MR) is 89.8 cm³/mol. The molecule has 0 amide bonds. The van der Waals surface area contributed by atoms with Crippen molar-refractivity contribution in [2.75, 3.05) is 6.54 Å². The van der Waals surface area contributed by atoms with Crippen molar-refractivity contribution in [2.24, 2.45) is 5.73 Å². The number of aromatic nitrogens is 2. The molecule has 9 heteroatoms. The van der Waals surface area contributed by atoms with E-state index in [1.54, 1.807) is 22.5 Å². The van der Waals surface area contributed by atoms with Gasteiger partial charge in [-0.05, 0) is 31.9 Å². The van der Waals surface area contributed by atoms with Crippen LogP contribution in [0.2, 0.25) is 0 Å². The van der Waals surface area contributed by atoms with Crippen LogP contribution in [0.25, 0.3) is 11.0 Å². The first kappa shape index (κ1) is 17.6. The highest BCUT2D eigenvalue weighted by Crippen LogP contribution is 2.30. The summed E-state index contributed by atoms with van der Waals surface area (Å²) in [6.45, 7) is 2.38. The molecule has 1 saturated heterocycles. The molecule has 1 aliphatic rings. The molecule has 0 radical (unpaired) electrons. The molecule has 0 saturated carbocycles. The zero-order chi connectivity index (χ0) is 15.0. The number of fused-ring (bicyclic) bond motifs is 1. The Morgan fingerprint density at radius 2 is 2.14 bits per heavy atom. The van der Waals surface area contributed by atoms with Crippen molar-refractivity contribution in [1.82, 2.24) is 13.1 Å². The Labute approximate surface area is 140 Å². The summed E-state index contributed by atoms with van der Waals surface area (Å²) in [5, 5.41) is 0. The third kappa shape index (κ3) is 2.98. The van der Waals surface area contributed by atoms with E-state index in [0.29, 0.717) is 17.6 Å². The molecule has 0 bridgehead atoms. The summed E-state index contributed by atoms with van der Waals surface area (Å²) in [5.74, 6) is 0. The minimum absolute atomic E-state index is 0. The number of hydrogen-bond acceptors (Lipinski definition) is 6. The van der Waals surface area contributed by atoms with Gasteiger partial charge in [-0.25, -0.2) is 8.42 Å². The van der Waals surface area contributed by atoms with Crippen molar-refractivity contribution >= 4 is 45.2 Å². The summed E-state index contributed by atoms with van der Waals surface area (Å²) in [7, 11) is -3.60. The molecule has 2 aromatic rings. The minimum atomic E-state index is -3.60. The van der Waals surface area contributed by atoms with Gasteiger partial charge in [0.1, 0.15) is 15.9 Å². The first-order valence-electron chi connectivity index (χ1n) is 7.00. The highest BCUT2D eigenvalue weighted by atomic mass is 35.5. The molecule has 1 aliphatic heterocycles. The van der Waals surface area contributed by atoms with Gasteiger partial charge in [0.15, 0.2) is 0 Å². The van der Waals surface area contributed by atoms with E-state index in [9.17, 15) is 8.42 Å². The smallest absolute Gasteiger partial charge is 0.245 e. The molecule has 0 aliphatic carbocycles. The summed E-state index contributed by atoms with van der Waals surface area (Å²) in [4.78, 5) is 0.237. The highest BCUT2D eigenvalue weighted by Gasteiger charge is 2.36. The Kier molecular flexibility index (Phi) is 5.39. The molecule has 2 unspecified atom stereocenters. The van der Waals surface area contributed by atoms with Crippen LogP contribution in [-0.4, -0.2) is 40.1 Å². The normalized spacial score (nSPS) is 21.5. The second kappa shape index (κ2) is 6.76. The van der Waals surface area contributed by atoms with Crippen LogP contribution in [0.5, 0.6) is 0 Å². The molecule has 122 valence electrons. The molecule has 6 nitrogen and oxygen atoms in total. The number of nitrogens with zero attached hydrogens (tertiary/aromatic N) is 3. The third-order valence-electron chi connectivity index (χ3n) is 3.94. The van der Waals surface area contributed by atoms with Crippen LogP contribution in [0.3, 0.4) is 0 Å². The number of piperidine rings is 1. The first-order chi connectivity index (χ1) is 10.0. The van der Waals surface area contributed by atoms with Gasteiger partial charge < -0.3 is 5.73 Å². The first-order valence-corrected chi connectivity index (χ1v) is 9.17. The summed E-state index contributed by atoms with van der Waals surface area (Å²) in [6.07, 6.45) is 2.69. The zero-order valence-electron chi connectivity index (χ0n) is 12.2. The predicted octanol–water partition coefficient (Wildman–Crippen LogP) is 2.00. The van der Waals surface area contributed by atoms with Crippen LogP contribution in [-0.2, 0) is 10.0 Å². The molecule has 1 aromatic heterocycles. The Bertz CT molecular complexity index is 747. The van der Waals surface area contributed by atoms with Gasteiger partial charge in [0, 0.05) is 18.6 Å². The summed E-state index contributed by atoms with van der Waals surface area (Å²) in [6, 6.07) is 4.75. The van der Waals surface area contributed by atoms with Crippen LogP contribution >= 0.6 is 24.1 Å². The molecule has 2 atom stereocenters. The second-order valence-corrected chi connectivity index (χ2v) is 7.81. The Balaban J connectivity index is 0.00000176. The SMILES string of the molecule is CC(N)C1CCCCN1S(=O)(=O)c1cccc2nsnc12.Cl. The Hall–Kier alpha value is -0.800. The molecule has 2 N–H and O–H groups in total. The topological polar surface area (TPSA) is 89.2 Å².